The van der Waals surface area contributed by atoms with E-state index in [9.17, 15) is 0 Å². The van der Waals surface area contributed by atoms with Gasteiger partial charge in [-0.3, -0.25) is 4.68 Å². The van der Waals surface area contributed by atoms with E-state index in [-0.39, 0.29) is 5.41 Å². The zero-order chi connectivity index (χ0) is 15.1. The molecule has 0 spiro atoms. The van der Waals surface area contributed by atoms with Crippen LogP contribution in [0.4, 0.5) is 0 Å². The SMILES string of the molecule is CC(C)c1cc(Cl)nc(-c2cn(C)nc2C(C)(C)C)n1. The van der Waals surface area contributed by atoms with Gasteiger partial charge in [-0.15, -0.1) is 0 Å². The summed E-state index contributed by atoms with van der Waals surface area (Å²) in [6.07, 6.45) is 1.95. The minimum atomic E-state index is -0.0692. The zero-order valence-corrected chi connectivity index (χ0v) is 13.7. The Hall–Kier alpha value is -1.42. The van der Waals surface area contributed by atoms with Gasteiger partial charge in [0.25, 0.3) is 0 Å². The number of nitrogens with zero attached hydrogens (tertiary/aromatic N) is 4. The Morgan fingerprint density at radius 1 is 1.20 bits per heavy atom. The first kappa shape index (κ1) is 15.0. The highest BCUT2D eigenvalue weighted by Gasteiger charge is 2.24. The number of rotatable bonds is 2. The van der Waals surface area contributed by atoms with E-state index in [0.717, 1.165) is 17.0 Å². The van der Waals surface area contributed by atoms with Gasteiger partial charge in [-0.1, -0.05) is 46.2 Å². The number of halogens is 1. The summed E-state index contributed by atoms with van der Waals surface area (Å²) in [6, 6.07) is 1.82. The van der Waals surface area contributed by atoms with Crippen molar-refractivity contribution in [2.75, 3.05) is 0 Å². The summed E-state index contributed by atoms with van der Waals surface area (Å²) in [4.78, 5) is 9.02. The molecule has 2 aromatic heterocycles. The molecule has 0 aliphatic carbocycles. The second kappa shape index (κ2) is 5.17. The van der Waals surface area contributed by atoms with Gasteiger partial charge in [0.2, 0.25) is 0 Å². The summed E-state index contributed by atoms with van der Waals surface area (Å²) in [7, 11) is 1.91. The molecule has 0 radical (unpaired) electrons. The van der Waals surface area contributed by atoms with Crippen molar-refractivity contribution in [3.8, 4) is 11.4 Å². The summed E-state index contributed by atoms with van der Waals surface area (Å²) in [5.74, 6) is 0.961. The van der Waals surface area contributed by atoms with Crippen molar-refractivity contribution in [2.45, 2.75) is 46.0 Å². The minimum Gasteiger partial charge on any atom is -0.275 e. The molecule has 0 aliphatic heterocycles. The van der Waals surface area contributed by atoms with Crippen LogP contribution in [-0.4, -0.2) is 19.7 Å². The van der Waals surface area contributed by atoms with Crippen molar-refractivity contribution >= 4 is 11.6 Å². The number of aromatic nitrogens is 4. The second-order valence-corrected chi connectivity index (χ2v) is 6.80. The number of hydrogen-bond acceptors (Lipinski definition) is 3. The van der Waals surface area contributed by atoms with Gasteiger partial charge in [0, 0.05) is 24.4 Å². The van der Waals surface area contributed by atoms with Crippen LogP contribution in [0.3, 0.4) is 0 Å². The first-order valence-corrected chi connectivity index (χ1v) is 7.15. The Labute approximate surface area is 125 Å². The van der Waals surface area contributed by atoms with Crippen molar-refractivity contribution in [1.29, 1.82) is 0 Å². The normalized spacial score (nSPS) is 12.2. The molecule has 0 atom stereocenters. The molecule has 0 amide bonds. The van der Waals surface area contributed by atoms with Gasteiger partial charge in [-0.2, -0.15) is 5.10 Å². The summed E-state index contributed by atoms with van der Waals surface area (Å²) in [5, 5.41) is 5.03. The Morgan fingerprint density at radius 3 is 2.40 bits per heavy atom. The van der Waals surface area contributed by atoms with Crippen LogP contribution in [0, 0.1) is 0 Å². The maximum Gasteiger partial charge on any atom is 0.164 e. The Morgan fingerprint density at radius 2 is 1.85 bits per heavy atom. The van der Waals surface area contributed by atoms with Gasteiger partial charge < -0.3 is 0 Å². The third kappa shape index (κ3) is 3.01. The van der Waals surface area contributed by atoms with Crippen molar-refractivity contribution < 1.29 is 0 Å². The number of aryl methyl sites for hydroxylation is 1. The van der Waals surface area contributed by atoms with E-state index in [4.69, 9.17) is 11.6 Å². The molecule has 0 aliphatic rings. The summed E-state index contributed by atoms with van der Waals surface area (Å²) < 4.78 is 1.80. The molecule has 0 unspecified atom stereocenters. The van der Waals surface area contributed by atoms with Crippen LogP contribution in [0.25, 0.3) is 11.4 Å². The van der Waals surface area contributed by atoms with Crippen molar-refractivity contribution in [3.63, 3.8) is 0 Å². The largest absolute Gasteiger partial charge is 0.275 e. The van der Waals surface area contributed by atoms with E-state index in [1.54, 1.807) is 4.68 Å². The highest BCUT2D eigenvalue weighted by atomic mass is 35.5. The van der Waals surface area contributed by atoms with Gasteiger partial charge in [-0.25, -0.2) is 9.97 Å². The monoisotopic (exact) mass is 292 g/mol. The van der Waals surface area contributed by atoms with Crippen LogP contribution in [0.15, 0.2) is 12.3 Å². The quantitative estimate of drug-likeness (QED) is 0.787. The molecule has 0 saturated heterocycles. The van der Waals surface area contributed by atoms with E-state index in [2.05, 4.69) is 49.7 Å². The van der Waals surface area contributed by atoms with Crippen LogP contribution in [0.1, 0.15) is 51.9 Å². The predicted molar refractivity (Wildman–Crippen MR) is 82.0 cm³/mol. The molecular weight excluding hydrogens is 272 g/mol. The maximum atomic E-state index is 6.14. The fourth-order valence-corrected chi connectivity index (χ4v) is 2.25. The average molecular weight is 293 g/mol. The second-order valence-electron chi connectivity index (χ2n) is 6.41. The molecule has 108 valence electrons. The van der Waals surface area contributed by atoms with E-state index in [1.165, 1.54) is 0 Å². The molecule has 4 nitrogen and oxygen atoms in total. The van der Waals surface area contributed by atoms with E-state index in [1.807, 2.05) is 19.3 Å². The van der Waals surface area contributed by atoms with Gasteiger partial charge in [0.05, 0.1) is 11.3 Å². The van der Waals surface area contributed by atoms with E-state index in [0.29, 0.717) is 16.9 Å². The number of hydrogen-bond donors (Lipinski definition) is 0. The lowest BCUT2D eigenvalue weighted by molar-refractivity contribution is 0.554. The standard InChI is InChI=1S/C15H21ClN4/c1-9(2)11-7-12(16)18-14(17-11)10-8-20(6)19-13(10)15(3,4)5/h7-9H,1-6H3. The molecule has 2 aromatic rings. The van der Waals surface area contributed by atoms with Crippen LogP contribution < -0.4 is 0 Å². The third-order valence-electron chi connectivity index (χ3n) is 3.09. The van der Waals surface area contributed by atoms with E-state index >= 15 is 0 Å². The summed E-state index contributed by atoms with van der Waals surface area (Å²) >= 11 is 6.14. The maximum absolute atomic E-state index is 6.14. The van der Waals surface area contributed by atoms with Gasteiger partial charge in [-0.05, 0) is 12.0 Å². The third-order valence-corrected chi connectivity index (χ3v) is 3.28. The van der Waals surface area contributed by atoms with Crippen LogP contribution in [0.5, 0.6) is 0 Å². The predicted octanol–water partition coefficient (Wildman–Crippen LogP) is 3.95. The molecule has 2 rings (SSSR count). The lowest BCUT2D eigenvalue weighted by atomic mass is 9.89. The van der Waals surface area contributed by atoms with Crippen LogP contribution in [-0.2, 0) is 12.5 Å². The van der Waals surface area contributed by atoms with Crippen molar-refractivity contribution in [2.24, 2.45) is 7.05 Å². The average Bonchev–Trinajstić information content (AvgIpc) is 2.70. The molecule has 0 N–H and O–H groups in total. The highest BCUT2D eigenvalue weighted by molar-refractivity contribution is 6.29. The molecule has 2 heterocycles. The fourth-order valence-electron chi connectivity index (χ4n) is 2.06. The minimum absolute atomic E-state index is 0.0692. The van der Waals surface area contributed by atoms with Crippen LogP contribution in [0.2, 0.25) is 5.15 Å². The topological polar surface area (TPSA) is 43.6 Å². The summed E-state index contributed by atoms with van der Waals surface area (Å²) in [5.41, 5.74) is 2.81. The lowest BCUT2D eigenvalue weighted by Gasteiger charge is -2.17. The molecule has 0 saturated carbocycles. The zero-order valence-electron chi connectivity index (χ0n) is 12.9. The van der Waals surface area contributed by atoms with E-state index < -0.39 is 0 Å². The Kier molecular flexibility index (Phi) is 3.87. The van der Waals surface area contributed by atoms with Gasteiger partial charge >= 0.3 is 0 Å². The van der Waals surface area contributed by atoms with Gasteiger partial charge in [0.1, 0.15) is 5.15 Å². The molecular formula is C15H21ClN4. The highest BCUT2D eigenvalue weighted by Crippen LogP contribution is 2.31. The van der Waals surface area contributed by atoms with Crippen molar-refractivity contribution in [3.05, 3.63) is 28.8 Å². The first-order chi connectivity index (χ1) is 9.18. The molecule has 0 aromatic carbocycles. The molecule has 5 heteroatoms. The molecule has 0 bridgehead atoms. The first-order valence-electron chi connectivity index (χ1n) is 6.77. The Balaban J connectivity index is 2.63. The lowest BCUT2D eigenvalue weighted by Crippen LogP contribution is -2.14. The fraction of sp³-hybridized carbons (Fsp3) is 0.533. The Bertz CT molecular complexity index is 623. The van der Waals surface area contributed by atoms with Crippen LogP contribution >= 0.6 is 11.6 Å². The smallest absolute Gasteiger partial charge is 0.164 e. The van der Waals surface area contributed by atoms with Gasteiger partial charge in [0.15, 0.2) is 5.82 Å². The van der Waals surface area contributed by atoms with Crippen molar-refractivity contribution in [1.82, 2.24) is 19.7 Å². The molecule has 0 fully saturated rings. The summed E-state index contributed by atoms with van der Waals surface area (Å²) in [6.45, 7) is 10.6. The molecule has 20 heavy (non-hydrogen) atoms.